The first-order valence-electron chi connectivity index (χ1n) is 7.45. The van der Waals surface area contributed by atoms with Crippen molar-refractivity contribution in [1.82, 2.24) is 14.3 Å². The third-order valence-corrected chi connectivity index (χ3v) is 4.37. The molecule has 112 valence electrons. The van der Waals surface area contributed by atoms with E-state index in [9.17, 15) is 9.90 Å². The van der Waals surface area contributed by atoms with Crippen molar-refractivity contribution in [3.63, 3.8) is 0 Å². The quantitative estimate of drug-likeness (QED) is 0.917. The summed E-state index contributed by atoms with van der Waals surface area (Å²) in [5.41, 5.74) is 2.47. The summed E-state index contributed by atoms with van der Waals surface area (Å²) in [4.78, 5) is 19.0. The van der Waals surface area contributed by atoms with Crippen molar-refractivity contribution in [3.8, 4) is 0 Å². The van der Waals surface area contributed by atoms with Gasteiger partial charge in [0, 0.05) is 25.4 Å². The van der Waals surface area contributed by atoms with E-state index in [1.807, 2.05) is 34.6 Å². The zero-order valence-corrected chi connectivity index (χ0v) is 12.5. The van der Waals surface area contributed by atoms with Crippen molar-refractivity contribution in [2.75, 3.05) is 13.2 Å². The molecule has 0 radical (unpaired) electrons. The normalized spacial score (nSPS) is 22.7. The molecule has 1 aliphatic heterocycles. The minimum atomic E-state index is -0.00116. The van der Waals surface area contributed by atoms with Crippen LogP contribution in [-0.4, -0.2) is 44.5 Å². The van der Waals surface area contributed by atoms with Gasteiger partial charge in [0.15, 0.2) is 0 Å². The SMILES string of the molecule is Cc1ccc2ncc(C(=O)N3CC(CO)CCC3C)n2c1. The molecular weight excluding hydrogens is 266 g/mol. The molecule has 2 aromatic heterocycles. The molecule has 0 spiro atoms. The Labute approximate surface area is 124 Å². The highest BCUT2D eigenvalue weighted by atomic mass is 16.3. The van der Waals surface area contributed by atoms with Crippen LogP contribution in [0.3, 0.4) is 0 Å². The van der Waals surface area contributed by atoms with E-state index in [1.165, 1.54) is 0 Å². The van der Waals surface area contributed by atoms with E-state index in [-0.39, 0.29) is 24.5 Å². The van der Waals surface area contributed by atoms with Gasteiger partial charge in [-0.25, -0.2) is 4.98 Å². The van der Waals surface area contributed by atoms with E-state index in [0.29, 0.717) is 12.2 Å². The molecule has 3 heterocycles. The van der Waals surface area contributed by atoms with E-state index in [0.717, 1.165) is 24.1 Å². The molecule has 0 aromatic carbocycles. The molecule has 2 unspecified atom stereocenters. The van der Waals surface area contributed by atoms with Gasteiger partial charge in [0.25, 0.3) is 5.91 Å². The predicted molar refractivity (Wildman–Crippen MR) is 80.2 cm³/mol. The fraction of sp³-hybridized carbons (Fsp3) is 0.500. The van der Waals surface area contributed by atoms with Crippen LogP contribution in [0, 0.1) is 12.8 Å². The van der Waals surface area contributed by atoms with Crippen LogP contribution in [0.4, 0.5) is 0 Å². The summed E-state index contributed by atoms with van der Waals surface area (Å²) in [6.07, 6.45) is 5.50. The van der Waals surface area contributed by atoms with E-state index < -0.39 is 0 Å². The number of piperidine rings is 1. The van der Waals surface area contributed by atoms with Gasteiger partial charge in [-0.05, 0) is 44.2 Å². The minimum absolute atomic E-state index is 0.00116. The Balaban J connectivity index is 1.94. The van der Waals surface area contributed by atoms with Gasteiger partial charge in [0.2, 0.25) is 0 Å². The van der Waals surface area contributed by atoms with Crippen LogP contribution in [0.15, 0.2) is 24.5 Å². The number of aliphatic hydroxyl groups is 1. The Bertz CT molecular complexity index is 665. The van der Waals surface area contributed by atoms with Crippen LogP contribution >= 0.6 is 0 Å². The first kappa shape index (κ1) is 14.1. The van der Waals surface area contributed by atoms with Gasteiger partial charge in [-0.15, -0.1) is 0 Å². The number of fused-ring (bicyclic) bond motifs is 1. The summed E-state index contributed by atoms with van der Waals surface area (Å²) < 4.78 is 1.85. The highest BCUT2D eigenvalue weighted by molar-refractivity contribution is 5.93. The van der Waals surface area contributed by atoms with Crippen molar-refractivity contribution >= 4 is 11.6 Å². The van der Waals surface area contributed by atoms with E-state index >= 15 is 0 Å². The zero-order chi connectivity index (χ0) is 15.0. The van der Waals surface area contributed by atoms with Crippen molar-refractivity contribution in [2.24, 2.45) is 5.92 Å². The molecule has 21 heavy (non-hydrogen) atoms. The van der Waals surface area contributed by atoms with Crippen molar-refractivity contribution in [3.05, 3.63) is 35.8 Å². The van der Waals surface area contributed by atoms with Gasteiger partial charge < -0.3 is 10.0 Å². The average molecular weight is 287 g/mol. The van der Waals surface area contributed by atoms with Gasteiger partial charge in [-0.1, -0.05) is 6.07 Å². The van der Waals surface area contributed by atoms with Crippen LogP contribution in [0.1, 0.15) is 35.8 Å². The predicted octanol–water partition coefficient (Wildman–Crippen LogP) is 1.88. The molecule has 5 heteroatoms. The molecule has 0 bridgehead atoms. The third-order valence-electron chi connectivity index (χ3n) is 4.37. The molecule has 1 aliphatic rings. The molecule has 2 aromatic rings. The number of likely N-dealkylation sites (tertiary alicyclic amines) is 1. The van der Waals surface area contributed by atoms with E-state index in [1.54, 1.807) is 6.20 Å². The lowest BCUT2D eigenvalue weighted by Crippen LogP contribution is -2.46. The molecule has 3 rings (SSSR count). The number of aryl methyl sites for hydroxylation is 1. The molecule has 0 aliphatic carbocycles. The lowest BCUT2D eigenvalue weighted by Gasteiger charge is -2.37. The number of hydrogen-bond acceptors (Lipinski definition) is 3. The van der Waals surface area contributed by atoms with Gasteiger partial charge in [-0.2, -0.15) is 0 Å². The number of nitrogens with zero attached hydrogens (tertiary/aromatic N) is 3. The molecule has 0 saturated carbocycles. The van der Waals surface area contributed by atoms with E-state index in [4.69, 9.17) is 0 Å². The maximum absolute atomic E-state index is 12.8. The van der Waals surface area contributed by atoms with Crippen LogP contribution in [-0.2, 0) is 0 Å². The Hall–Kier alpha value is -1.88. The monoisotopic (exact) mass is 287 g/mol. The number of aromatic nitrogens is 2. The van der Waals surface area contributed by atoms with Crippen molar-refractivity contribution < 1.29 is 9.90 Å². The summed E-state index contributed by atoms with van der Waals surface area (Å²) in [5.74, 6) is 0.185. The smallest absolute Gasteiger partial charge is 0.272 e. The molecule has 5 nitrogen and oxygen atoms in total. The largest absolute Gasteiger partial charge is 0.396 e. The Kier molecular flexibility index (Phi) is 3.68. The van der Waals surface area contributed by atoms with Crippen LogP contribution in [0.2, 0.25) is 0 Å². The Morgan fingerprint density at radius 3 is 3.00 bits per heavy atom. The molecule has 1 N–H and O–H groups in total. The maximum Gasteiger partial charge on any atom is 0.272 e. The fourth-order valence-corrected chi connectivity index (χ4v) is 3.01. The number of rotatable bonds is 2. The van der Waals surface area contributed by atoms with Crippen molar-refractivity contribution in [2.45, 2.75) is 32.7 Å². The molecule has 1 amide bonds. The topological polar surface area (TPSA) is 57.8 Å². The lowest BCUT2D eigenvalue weighted by molar-refractivity contribution is 0.0482. The first-order chi connectivity index (χ1) is 10.1. The van der Waals surface area contributed by atoms with Gasteiger partial charge in [0.1, 0.15) is 11.3 Å². The fourth-order valence-electron chi connectivity index (χ4n) is 3.01. The number of aliphatic hydroxyl groups excluding tert-OH is 1. The number of carbonyl (C=O) groups is 1. The number of hydrogen-bond donors (Lipinski definition) is 1. The van der Waals surface area contributed by atoms with Gasteiger partial charge >= 0.3 is 0 Å². The Morgan fingerprint density at radius 1 is 1.43 bits per heavy atom. The second-order valence-electron chi connectivity index (χ2n) is 6.01. The second-order valence-corrected chi connectivity index (χ2v) is 6.01. The standard InChI is InChI=1S/C16H21N3O2/c1-11-3-6-15-17-7-14(19(15)8-11)16(21)18-9-13(10-20)5-4-12(18)2/h3,6-8,12-13,20H,4-5,9-10H2,1-2H3. The minimum Gasteiger partial charge on any atom is -0.396 e. The molecule has 1 saturated heterocycles. The number of pyridine rings is 1. The van der Waals surface area contributed by atoms with Gasteiger partial charge in [0.05, 0.1) is 6.20 Å². The van der Waals surface area contributed by atoms with E-state index in [2.05, 4.69) is 11.9 Å². The molecular formula is C16H21N3O2. The Morgan fingerprint density at radius 2 is 2.24 bits per heavy atom. The highest BCUT2D eigenvalue weighted by Crippen LogP contribution is 2.23. The average Bonchev–Trinajstić information content (AvgIpc) is 2.90. The van der Waals surface area contributed by atoms with Crippen LogP contribution in [0.25, 0.3) is 5.65 Å². The lowest BCUT2D eigenvalue weighted by atomic mass is 9.94. The maximum atomic E-state index is 12.8. The van der Waals surface area contributed by atoms with Crippen LogP contribution < -0.4 is 0 Å². The second kappa shape index (κ2) is 5.48. The van der Waals surface area contributed by atoms with Gasteiger partial charge in [-0.3, -0.25) is 9.20 Å². The number of imidazole rings is 1. The zero-order valence-electron chi connectivity index (χ0n) is 12.5. The number of carbonyl (C=O) groups excluding carboxylic acids is 1. The number of amides is 1. The summed E-state index contributed by atoms with van der Waals surface area (Å²) in [6.45, 7) is 4.83. The summed E-state index contributed by atoms with van der Waals surface area (Å²) in [7, 11) is 0. The molecule has 1 fully saturated rings. The first-order valence-corrected chi connectivity index (χ1v) is 7.45. The summed E-state index contributed by atoms with van der Waals surface area (Å²) in [5, 5.41) is 9.36. The third kappa shape index (κ3) is 2.53. The summed E-state index contributed by atoms with van der Waals surface area (Å²) in [6, 6.07) is 4.11. The van der Waals surface area contributed by atoms with Crippen LogP contribution in [0.5, 0.6) is 0 Å². The van der Waals surface area contributed by atoms with Crippen molar-refractivity contribution in [1.29, 1.82) is 0 Å². The molecule has 2 atom stereocenters. The highest BCUT2D eigenvalue weighted by Gasteiger charge is 2.30. The summed E-state index contributed by atoms with van der Waals surface area (Å²) >= 11 is 0.